The van der Waals surface area contributed by atoms with Gasteiger partial charge in [-0.2, -0.15) is 0 Å². The topological polar surface area (TPSA) is 61.8 Å². The average molecular weight is 393 g/mol. The van der Waals surface area contributed by atoms with Crippen LogP contribution in [0.5, 0.6) is 0 Å². The van der Waals surface area contributed by atoms with Gasteiger partial charge in [0, 0.05) is 11.4 Å². The molecule has 0 unspecified atom stereocenters. The molecule has 6 heteroatoms. The smallest absolute Gasteiger partial charge is 0.244 e. The van der Waals surface area contributed by atoms with E-state index in [0.717, 1.165) is 41.8 Å². The summed E-state index contributed by atoms with van der Waals surface area (Å²) in [5.41, 5.74) is 5.31. The van der Waals surface area contributed by atoms with Gasteiger partial charge in [0.25, 0.3) is 0 Å². The van der Waals surface area contributed by atoms with Crippen molar-refractivity contribution in [3.05, 3.63) is 52.8 Å². The molecule has 1 saturated carbocycles. The van der Waals surface area contributed by atoms with Gasteiger partial charge in [0.15, 0.2) is 0 Å². The Morgan fingerprint density at radius 3 is 2.69 bits per heavy atom. The highest BCUT2D eigenvalue weighted by Crippen LogP contribution is 2.39. The number of nitrogens with zero attached hydrogens (tertiary/aromatic N) is 2. The molecule has 4 rings (SSSR count). The van der Waals surface area contributed by atoms with Gasteiger partial charge >= 0.3 is 0 Å². The lowest BCUT2D eigenvalue weighted by molar-refractivity contribution is -0.122. The number of benzene rings is 2. The molecule has 0 radical (unpaired) electrons. The summed E-state index contributed by atoms with van der Waals surface area (Å²) in [7, 11) is 0. The van der Waals surface area contributed by atoms with Gasteiger partial charge in [-0.05, 0) is 81.0 Å². The van der Waals surface area contributed by atoms with Crippen molar-refractivity contribution in [3.63, 3.8) is 0 Å². The zero-order valence-corrected chi connectivity index (χ0v) is 16.9. The van der Waals surface area contributed by atoms with Crippen LogP contribution < -0.4 is 10.2 Å². The van der Waals surface area contributed by atoms with Crippen molar-refractivity contribution in [2.75, 3.05) is 16.8 Å². The van der Waals surface area contributed by atoms with Gasteiger partial charge < -0.3 is 10.2 Å². The maximum Gasteiger partial charge on any atom is 0.244 e. The molecular formula is C23H24FN3O2. The first kappa shape index (κ1) is 19.3. The summed E-state index contributed by atoms with van der Waals surface area (Å²) in [4.78, 5) is 32.3. The number of halogens is 1. The maximum atomic E-state index is 13.8. The fourth-order valence-electron chi connectivity index (χ4n) is 3.96. The molecule has 29 heavy (non-hydrogen) atoms. The van der Waals surface area contributed by atoms with Crippen LogP contribution in [-0.4, -0.2) is 24.1 Å². The number of aryl methyl sites for hydroxylation is 3. The molecular weight excluding hydrogens is 369 g/mol. The Morgan fingerprint density at radius 1 is 1.17 bits per heavy atom. The number of nitrogens with one attached hydrogen (secondary N) is 1. The molecule has 1 atom stereocenters. The molecule has 2 aliphatic rings. The molecule has 1 aliphatic heterocycles. The second-order valence-corrected chi connectivity index (χ2v) is 7.91. The molecule has 5 nitrogen and oxygen atoms in total. The van der Waals surface area contributed by atoms with E-state index in [1.54, 1.807) is 19.1 Å². The monoisotopic (exact) mass is 393 g/mol. The second-order valence-electron chi connectivity index (χ2n) is 7.91. The molecule has 0 bridgehead atoms. The molecule has 1 aliphatic carbocycles. The molecule has 2 aromatic carbocycles. The maximum absolute atomic E-state index is 13.8. The van der Waals surface area contributed by atoms with Crippen molar-refractivity contribution in [3.8, 4) is 0 Å². The summed E-state index contributed by atoms with van der Waals surface area (Å²) in [5.74, 6) is -1.11. The van der Waals surface area contributed by atoms with E-state index in [1.165, 1.54) is 11.0 Å². The number of hydrogen-bond donors (Lipinski definition) is 1. The van der Waals surface area contributed by atoms with Crippen molar-refractivity contribution < 1.29 is 14.0 Å². The molecule has 2 aromatic rings. The van der Waals surface area contributed by atoms with Gasteiger partial charge in [0.1, 0.15) is 12.4 Å². The standard InChI is InChI=1S/C23H24FN3O2/c1-13-7-8-16(11-18(13)24)25-22(28)12-27-21-10-15(3)14(2)9-20(21)26-19-6-4-5-17(19)23(27)29/h7-11,17H,4-6,12H2,1-3H3,(H,25,28)/t17-/m0/s1. The van der Waals surface area contributed by atoms with E-state index in [2.05, 4.69) is 5.32 Å². The third-order valence-electron chi connectivity index (χ3n) is 5.80. The van der Waals surface area contributed by atoms with Gasteiger partial charge in [0.2, 0.25) is 11.8 Å². The van der Waals surface area contributed by atoms with Crippen molar-refractivity contribution in [2.24, 2.45) is 10.9 Å². The Morgan fingerprint density at radius 2 is 1.93 bits per heavy atom. The van der Waals surface area contributed by atoms with Crippen LogP contribution in [0.3, 0.4) is 0 Å². The highest BCUT2D eigenvalue weighted by molar-refractivity contribution is 6.16. The van der Waals surface area contributed by atoms with E-state index in [1.807, 2.05) is 26.0 Å². The largest absolute Gasteiger partial charge is 0.324 e. The van der Waals surface area contributed by atoms with Crippen molar-refractivity contribution in [1.29, 1.82) is 0 Å². The zero-order chi connectivity index (χ0) is 20.7. The molecule has 2 amide bonds. The molecule has 1 N–H and O–H groups in total. The summed E-state index contributed by atoms with van der Waals surface area (Å²) in [6.45, 7) is 5.52. The number of hydrogen-bond acceptors (Lipinski definition) is 3. The number of fused-ring (bicyclic) bond motifs is 2. The third kappa shape index (κ3) is 3.67. The highest BCUT2D eigenvalue weighted by Gasteiger charge is 2.37. The van der Waals surface area contributed by atoms with E-state index in [4.69, 9.17) is 4.99 Å². The fraction of sp³-hybridized carbons (Fsp3) is 0.348. The SMILES string of the molecule is Cc1cc2c(cc1C)N(CC(=O)Nc1ccc(C)c(F)c1)C(=O)[C@H]1CCCC1=N2. The number of carbonyl (C=O) groups excluding carboxylic acids is 2. The van der Waals surface area contributed by atoms with E-state index < -0.39 is 0 Å². The van der Waals surface area contributed by atoms with E-state index in [0.29, 0.717) is 16.9 Å². The van der Waals surface area contributed by atoms with E-state index in [-0.39, 0.29) is 30.1 Å². The molecule has 0 aromatic heterocycles. The molecule has 150 valence electrons. The fourth-order valence-corrected chi connectivity index (χ4v) is 3.96. The molecule has 0 saturated heterocycles. The average Bonchev–Trinajstić information content (AvgIpc) is 3.10. The van der Waals surface area contributed by atoms with Crippen molar-refractivity contribution in [1.82, 2.24) is 0 Å². The van der Waals surface area contributed by atoms with Gasteiger partial charge in [-0.25, -0.2) is 4.39 Å². The highest BCUT2D eigenvalue weighted by atomic mass is 19.1. The minimum Gasteiger partial charge on any atom is -0.324 e. The van der Waals surface area contributed by atoms with Crippen LogP contribution in [0.25, 0.3) is 0 Å². The first-order valence-electron chi connectivity index (χ1n) is 9.89. The van der Waals surface area contributed by atoms with E-state index in [9.17, 15) is 14.0 Å². The van der Waals surface area contributed by atoms with Crippen LogP contribution in [0, 0.1) is 32.5 Å². The lowest BCUT2D eigenvalue weighted by atomic mass is 10.0. The lowest BCUT2D eigenvalue weighted by Gasteiger charge is -2.25. The van der Waals surface area contributed by atoms with Crippen LogP contribution in [-0.2, 0) is 9.59 Å². The molecule has 1 fully saturated rings. The Balaban J connectivity index is 1.65. The Kier molecular flexibility index (Phi) is 4.94. The number of anilines is 2. The second kappa shape index (κ2) is 7.43. The van der Waals surface area contributed by atoms with E-state index >= 15 is 0 Å². The summed E-state index contributed by atoms with van der Waals surface area (Å²) in [6, 6.07) is 8.46. The lowest BCUT2D eigenvalue weighted by Crippen LogP contribution is -2.42. The summed E-state index contributed by atoms with van der Waals surface area (Å²) in [6.07, 6.45) is 2.49. The quantitative estimate of drug-likeness (QED) is 0.828. The van der Waals surface area contributed by atoms with Crippen LogP contribution in [0.4, 0.5) is 21.5 Å². The number of amides is 2. The predicted octanol–water partition coefficient (Wildman–Crippen LogP) is 4.61. The molecule has 0 spiro atoms. The predicted molar refractivity (Wildman–Crippen MR) is 112 cm³/mol. The van der Waals surface area contributed by atoms with Crippen molar-refractivity contribution in [2.45, 2.75) is 40.0 Å². The minimum absolute atomic E-state index is 0.0894. The first-order chi connectivity index (χ1) is 13.8. The molecule has 1 heterocycles. The normalized spacial score (nSPS) is 18.1. The Labute approximate surface area is 169 Å². The number of carbonyl (C=O) groups is 2. The van der Waals surface area contributed by atoms with Gasteiger partial charge in [0.05, 0.1) is 17.3 Å². The third-order valence-corrected chi connectivity index (χ3v) is 5.80. The Hall–Kier alpha value is -3.02. The van der Waals surface area contributed by atoms with Crippen LogP contribution in [0.1, 0.15) is 36.0 Å². The van der Waals surface area contributed by atoms with Crippen LogP contribution in [0.2, 0.25) is 0 Å². The van der Waals surface area contributed by atoms with Crippen LogP contribution in [0.15, 0.2) is 35.3 Å². The van der Waals surface area contributed by atoms with Gasteiger partial charge in [-0.15, -0.1) is 0 Å². The summed E-state index contributed by atoms with van der Waals surface area (Å²) in [5, 5.41) is 2.70. The Bertz CT molecular complexity index is 1040. The zero-order valence-electron chi connectivity index (χ0n) is 16.9. The van der Waals surface area contributed by atoms with Gasteiger partial charge in [-0.1, -0.05) is 6.07 Å². The minimum atomic E-state index is -0.380. The van der Waals surface area contributed by atoms with Gasteiger partial charge in [-0.3, -0.25) is 14.6 Å². The summed E-state index contributed by atoms with van der Waals surface area (Å²) >= 11 is 0. The summed E-state index contributed by atoms with van der Waals surface area (Å²) < 4.78 is 13.8. The first-order valence-corrected chi connectivity index (χ1v) is 9.89. The van der Waals surface area contributed by atoms with Crippen LogP contribution >= 0.6 is 0 Å². The number of rotatable bonds is 3. The number of aliphatic imine (C=N–C) groups is 1. The van der Waals surface area contributed by atoms with Crippen molar-refractivity contribution >= 4 is 34.6 Å².